The van der Waals surface area contributed by atoms with Crippen LogP contribution in [0.4, 0.5) is 29.5 Å². The highest BCUT2D eigenvalue weighted by molar-refractivity contribution is 6.31. The lowest BCUT2D eigenvalue weighted by Gasteiger charge is -2.13. The Morgan fingerprint density at radius 3 is 2.57 bits per heavy atom. The summed E-state index contributed by atoms with van der Waals surface area (Å²) < 4.78 is 40.5. The minimum atomic E-state index is -4.61. The molecular formula is C19H18ClF3N6O. The molecule has 30 heavy (non-hydrogen) atoms. The molecule has 0 saturated carbocycles. The summed E-state index contributed by atoms with van der Waals surface area (Å²) in [5.74, 6) is 1.86. The molecule has 0 atom stereocenters. The summed E-state index contributed by atoms with van der Waals surface area (Å²) in [6.45, 7) is 2.34. The molecular weight excluding hydrogens is 421 g/mol. The molecule has 0 aliphatic rings. The zero-order chi connectivity index (χ0) is 21.7. The Kier molecular flexibility index (Phi) is 6.46. The number of halogens is 4. The van der Waals surface area contributed by atoms with E-state index >= 15 is 0 Å². The maximum atomic E-state index is 12.9. The average molecular weight is 439 g/mol. The van der Waals surface area contributed by atoms with Gasteiger partial charge in [-0.25, -0.2) is 14.8 Å². The van der Waals surface area contributed by atoms with Gasteiger partial charge in [-0.3, -0.25) is 0 Å². The smallest absolute Gasteiger partial charge is 0.368 e. The largest absolute Gasteiger partial charge is 0.417 e. The highest BCUT2D eigenvalue weighted by Crippen LogP contribution is 2.36. The molecule has 3 N–H and O–H groups in total. The summed E-state index contributed by atoms with van der Waals surface area (Å²) in [4.78, 5) is 20.6. The molecule has 11 heteroatoms. The van der Waals surface area contributed by atoms with Crippen LogP contribution in [0.2, 0.25) is 5.02 Å². The molecule has 2 heterocycles. The number of rotatable bonds is 6. The van der Waals surface area contributed by atoms with Crippen LogP contribution < -0.4 is 16.0 Å². The van der Waals surface area contributed by atoms with Crippen molar-refractivity contribution in [3.8, 4) is 5.82 Å². The molecule has 0 radical (unpaired) electrons. The third-order valence-corrected chi connectivity index (χ3v) is 4.27. The van der Waals surface area contributed by atoms with Crippen molar-refractivity contribution in [3.05, 3.63) is 65.2 Å². The zero-order valence-corrected chi connectivity index (χ0v) is 16.6. The number of amides is 2. The predicted octanol–water partition coefficient (Wildman–Crippen LogP) is 4.48. The number of hydrogen-bond donors (Lipinski definition) is 3. The maximum absolute atomic E-state index is 12.9. The molecule has 7 nitrogen and oxygen atoms in total. The van der Waals surface area contributed by atoms with E-state index in [9.17, 15) is 18.0 Å². The molecule has 2 aromatic heterocycles. The van der Waals surface area contributed by atoms with Crippen LogP contribution in [0.25, 0.3) is 5.82 Å². The third-order valence-electron chi connectivity index (χ3n) is 3.94. The fourth-order valence-corrected chi connectivity index (χ4v) is 2.85. The van der Waals surface area contributed by atoms with Crippen LogP contribution in [-0.2, 0) is 6.18 Å². The number of nitrogens with zero attached hydrogens (tertiary/aromatic N) is 3. The summed E-state index contributed by atoms with van der Waals surface area (Å²) in [5, 5.41) is 7.54. The molecule has 2 amide bonds. The van der Waals surface area contributed by atoms with Crippen LogP contribution in [0.15, 0.2) is 48.8 Å². The number of anilines is 2. The topological polar surface area (TPSA) is 83.9 Å². The number of nitrogens with one attached hydrogen (secondary N) is 3. The highest BCUT2D eigenvalue weighted by Gasteiger charge is 2.33. The number of urea groups is 1. The van der Waals surface area contributed by atoms with Crippen molar-refractivity contribution in [2.45, 2.75) is 13.1 Å². The lowest BCUT2D eigenvalue weighted by molar-refractivity contribution is -0.137. The van der Waals surface area contributed by atoms with Crippen molar-refractivity contribution < 1.29 is 18.0 Å². The molecule has 1 aromatic carbocycles. The molecule has 3 rings (SSSR count). The Labute approximate surface area is 175 Å². The molecule has 0 aliphatic heterocycles. The fraction of sp³-hybridized carbons (Fsp3) is 0.211. The van der Waals surface area contributed by atoms with Gasteiger partial charge in [-0.1, -0.05) is 11.6 Å². The van der Waals surface area contributed by atoms with Crippen LogP contribution in [-0.4, -0.2) is 33.7 Å². The molecule has 0 aliphatic carbocycles. The Morgan fingerprint density at radius 2 is 1.87 bits per heavy atom. The summed E-state index contributed by atoms with van der Waals surface area (Å²) in [7, 11) is 0. The van der Waals surface area contributed by atoms with Gasteiger partial charge < -0.3 is 20.5 Å². The molecule has 0 spiro atoms. The highest BCUT2D eigenvalue weighted by atomic mass is 35.5. The van der Waals surface area contributed by atoms with Gasteiger partial charge in [0, 0.05) is 37.2 Å². The molecule has 3 aromatic rings. The van der Waals surface area contributed by atoms with Crippen LogP contribution in [0.1, 0.15) is 11.4 Å². The van der Waals surface area contributed by atoms with Gasteiger partial charge >= 0.3 is 12.2 Å². The summed E-state index contributed by atoms with van der Waals surface area (Å²) in [6.07, 6.45) is -0.888. The fourth-order valence-electron chi connectivity index (χ4n) is 2.62. The number of hydrogen-bond acceptors (Lipinski definition) is 4. The number of aryl methyl sites for hydroxylation is 1. The van der Waals surface area contributed by atoms with Crippen LogP contribution >= 0.6 is 11.6 Å². The van der Waals surface area contributed by atoms with E-state index in [0.29, 0.717) is 24.0 Å². The molecule has 158 valence electrons. The Hall–Kier alpha value is -3.27. The van der Waals surface area contributed by atoms with Crippen LogP contribution in [0.3, 0.4) is 0 Å². The van der Waals surface area contributed by atoms with Crippen LogP contribution in [0.5, 0.6) is 0 Å². The molecule has 0 fully saturated rings. The van der Waals surface area contributed by atoms with Gasteiger partial charge in [0.25, 0.3) is 0 Å². The first-order valence-corrected chi connectivity index (χ1v) is 9.24. The number of carbonyl (C=O) groups is 1. The summed E-state index contributed by atoms with van der Waals surface area (Å²) >= 11 is 5.56. The van der Waals surface area contributed by atoms with Gasteiger partial charge in [0.2, 0.25) is 0 Å². The number of benzene rings is 1. The second-order valence-electron chi connectivity index (χ2n) is 6.25. The third kappa shape index (κ3) is 5.63. The summed E-state index contributed by atoms with van der Waals surface area (Å²) in [5.41, 5.74) is -1.03. The SMILES string of the molecule is Cc1nc(NCCNC(=O)Nc2ccc(Cl)c(C(F)(F)F)c2)cc(-n2cccc2)n1. The van der Waals surface area contributed by atoms with Crippen molar-refractivity contribution in [1.29, 1.82) is 0 Å². The molecule has 0 bridgehead atoms. The van der Waals surface area contributed by atoms with Gasteiger partial charge in [-0.05, 0) is 37.3 Å². The number of aromatic nitrogens is 3. The molecule has 0 unspecified atom stereocenters. The molecule has 0 saturated heterocycles. The minimum Gasteiger partial charge on any atom is -0.368 e. The van der Waals surface area contributed by atoms with Gasteiger partial charge in [0.05, 0.1) is 10.6 Å². The van der Waals surface area contributed by atoms with Crippen molar-refractivity contribution in [2.24, 2.45) is 0 Å². The van der Waals surface area contributed by atoms with E-state index in [-0.39, 0.29) is 12.2 Å². The number of carbonyl (C=O) groups excluding carboxylic acids is 1. The van der Waals surface area contributed by atoms with E-state index in [4.69, 9.17) is 11.6 Å². The van der Waals surface area contributed by atoms with E-state index < -0.39 is 22.8 Å². The minimum absolute atomic E-state index is 0.0139. The monoisotopic (exact) mass is 438 g/mol. The average Bonchev–Trinajstić information content (AvgIpc) is 3.20. The quantitative estimate of drug-likeness (QED) is 0.495. The van der Waals surface area contributed by atoms with Crippen molar-refractivity contribution >= 4 is 29.1 Å². The van der Waals surface area contributed by atoms with Crippen LogP contribution in [0, 0.1) is 6.92 Å². The second-order valence-corrected chi connectivity index (χ2v) is 6.66. The number of alkyl halides is 3. The second kappa shape index (κ2) is 9.04. The van der Waals surface area contributed by atoms with Crippen molar-refractivity contribution in [2.75, 3.05) is 23.7 Å². The lowest BCUT2D eigenvalue weighted by Crippen LogP contribution is -2.32. The van der Waals surface area contributed by atoms with E-state index in [1.807, 2.05) is 29.1 Å². The van der Waals surface area contributed by atoms with Gasteiger partial charge in [0.1, 0.15) is 17.5 Å². The first-order valence-electron chi connectivity index (χ1n) is 8.87. The first-order chi connectivity index (χ1) is 14.2. The summed E-state index contributed by atoms with van der Waals surface area (Å²) in [6, 6.07) is 8.05. The van der Waals surface area contributed by atoms with Gasteiger partial charge in [-0.15, -0.1) is 0 Å². The predicted molar refractivity (Wildman–Crippen MR) is 108 cm³/mol. The first kappa shape index (κ1) is 21.4. The lowest BCUT2D eigenvalue weighted by atomic mass is 10.2. The van der Waals surface area contributed by atoms with Gasteiger partial charge in [-0.2, -0.15) is 13.2 Å². The van der Waals surface area contributed by atoms with E-state index in [1.165, 1.54) is 6.07 Å². The Balaban J connectivity index is 1.51. The Bertz CT molecular complexity index is 1020. The van der Waals surface area contributed by atoms with E-state index in [2.05, 4.69) is 25.9 Å². The Morgan fingerprint density at radius 1 is 1.13 bits per heavy atom. The van der Waals surface area contributed by atoms with Crippen molar-refractivity contribution in [3.63, 3.8) is 0 Å². The zero-order valence-electron chi connectivity index (χ0n) is 15.8. The maximum Gasteiger partial charge on any atom is 0.417 e. The van der Waals surface area contributed by atoms with E-state index in [1.54, 1.807) is 13.0 Å². The normalized spacial score (nSPS) is 11.2. The van der Waals surface area contributed by atoms with E-state index in [0.717, 1.165) is 12.1 Å². The van der Waals surface area contributed by atoms with Gasteiger partial charge in [0.15, 0.2) is 0 Å². The van der Waals surface area contributed by atoms with Crippen molar-refractivity contribution in [1.82, 2.24) is 19.9 Å². The standard InChI is InChI=1S/C19H18ClF3N6O/c1-12-26-16(11-17(27-12)29-8-2-3-9-29)24-6-7-25-18(30)28-13-4-5-15(20)14(10-13)19(21,22)23/h2-5,8-11H,6-7H2,1H3,(H,24,26,27)(H2,25,28,30).